The number of nitrogens with zero attached hydrogens (tertiary/aromatic N) is 4. The van der Waals surface area contributed by atoms with E-state index < -0.39 is 17.6 Å². The van der Waals surface area contributed by atoms with Gasteiger partial charge in [0.25, 0.3) is 0 Å². The van der Waals surface area contributed by atoms with Crippen molar-refractivity contribution in [3.63, 3.8) is 0 Å². The fraction of sp³-hybridized carbons (Fsp3) is 0.476. The lowest BCUT2D eigenvalue weighted by Crippen LogP contribution is -2.42. The molecule has 1 aliphatic heterocycles. The number of halogens is 4. The van der Waals surface area contributed by atoms with Gasteiger partial charge in [-0.15, -0.1) is 5.10 Å². The van der Waals surface area contributed by atoms with Crippen LogP contribution in [0.3, 0.4) is 0 Å². The number of fused-ring (bicyclic) bond motifs is 1. The number of nitrogen functional groups attached to an aromatic ring is 1. The number of rotatable bonds is 4. The van der Waals surface area contributed by atoms with E-state index in [4.69, 9.17) is 20.3 Å². The van der Waals surface area contributed by atoms with Crippen LogP contribution in [0.25, 0.3) is 16.9 Å². The number of aromatic nitrogens is 4. The molecule has 0 radical (unpaired) electrons. The second-order valence-electron chi connectivity index (χ2n) is 7.56. The predicted molar refractivity (Wildman–Crippen MR) is 112 cm³/mol. The third-order valence-corrected chi connectivity index (χ3v) is 5.17. The summed E-state index contributed by atoms with van der Waals surface area (Å²) >= 11 is 0. The summed E-state index contributed by atoms with van der Waals surface area (Å²) in [6.07, 6.45) is -0.608. The number of nitrogens with two attached hydrogens (primary N) is 1. The molecule has 2 atom stereocenters. The molecule has 12 heteroatoms. The van der Waals surface area contributed by atoms with Crippen molar-refractivity contribution in [1.29, 1.82) is 0 Å². The molecule has 0 aromatic carbocycles. The number of alkyl halides is 3. The van der Waals surface area contributed by atoms with Crippen molar-refractivity contribution in [2.45, 2.75) is 44.6 Å². The van der Waals surface area contributed by atoms with E-state index in [1.165, 1.54) is 29.8 Å². The Kier molecular flexibility index (Phi) is 7.50. The minimum absolute atomic E-state index is 0.0769. The van der Waals surface area contributed by atoms with Gasteiger partial charge in [-0.1, -0.05) is 6.07 Å². The second-order valence-corrected chi connectivity index (χ2v) is 7.56. The van der Waals surface area contributed by atoms with Gasteiger partial charge in [-0.25, -0.2) is 13.9 Å². The fourth-order valence-electron chi connectivity index (χ4n) is 3.32. The highest BCUT2D eigenvalue weighted by atomic mass is 19.4. The van der Waals surface area contributed by atoms with Gasteiger partial charge in [-0.05, 0) is 32.8 Å². The molecule has 4 heterocycles. The summed E-state index contributed by atoms with van der Waals surface area (Å²) in [5, 5.41) is 12.7. The summed E-state index contributed by atoms with van der Waals surface area (Å²) in [5.41, 5.74) is 3.41. The Morgan fingerprint density at radius 1 is 1.27 bits per heavy atom. The molecule has 1 saturated heterocycles. The minimum Gasteiger partial charge on any atom is -0.391 e. The number of pyridine rings is 1. The Balaban J connectivity index is 0.000000374. The predicted octanol–water partition coefficient (Wildman–Crippen LogP) is 3.48. The van der Waals surface area contributed by atoms with Gasteiger partial charge in [0.15, 0.2) is 11.4 Å². The molecule has 4 rings (SSSR count). The zero-order chi connectivity index (χ0) is 24.2. The Labute approximate surface area is 187 Å². The number of hydrogen-bond donors (Lipinski definition) is 2. The first-order valence-electron chi connectivity index (χ1n) is 10.3. The molecule has 1 fully saturated rings. The zero-order valence-corrected chi connectivity index (χ0v) is 18.1. The van der Waals surface area contributed by atoms with Crippen molar-refractivity contribution in [2.75, 3.05) is 25.6 Å². The van der Waals surface area contributed by atoms with Crippen molar-refractivity contribution in [3.8, 4) is 11.4 Å². The van der Waals surface area contributed by atoms with Gasteiger partial charge in [-0.3, -0.25) is 4.98 Å². The number of ether oxygens (including phenoxy) is 2. The molecular weight excluding hydrogens is 446 g/mol. The van der Waals surface area contributed by atoms with Gasteiger partial charge in [0.2, 0.25) is 5.95 Å². The minimum atomic E-state index is -4.62. The number of aliphatic hydroxyl groups excluding tert-OH is 1. The Morgan fingerprint density at radius 3 is 2.55 bits per heavy atom. The molecule has 0 spiro atoms. The molecule has 33 heavy (non-hydrogen) atoms. The van der Waals surface area contributed by atoms with Crippen LogP contribution in [-0.4, -0.2) is 56.8 Å². The number of aliphatic hydroxyl groups is 1. The van der Waals surface area contributed by atoms with Gasteiger partial charge in [-0.2, -0.15) is 13.2 Å². The quantitative estimate of drug-likeness (QED) is 0.561. The van der Waals surface area contributed by atoms with E-state index in [9.17, 15) is 17.6 Å². The highest BCUT2D eigenvalue weighted by Crippen LogP contribution is 2.42. The summed E-state index contributed by atoms with van der Waals surface area (Å²) in [7, 11) is 0. The zero-order valence-electron chi connectivity index (χ0n) is 18.1. The SMILES string of the molecule is CCOC(C)(c1ccc(-c2cc(F)c3cnc(N)nn23)nc1)C(F)(F)F.OC1CCCOC1. The molecule has 3 aromatic heterocycles. The van der Waals surface area contributed by atoms with E-state index in [0.717, 1.165) is 38.6 Å². The Morgan fingerprint density at radius 2 is 2.03 bits per heavy atom. The lowest BCUT2D eigenvalue weighted by Gasteiger charge is -2.31. The third-order valence-electron chi connectivity index (χ3n) is 5.17. The Bertz CT molecular complexity index is 1070. The van der Waals surface area contributed by atoms with Crippen LogP contribution in [0.15, 0.2) is 30.6 Å². The highest BCUT2D eigenvalue weighted by molar-refractivity contribution is 5.64. The van der Waals surface area contributed by atoms with Crippen LogP contribution in [-0.2, 0) is 15.1 Å². The maximum atomic E-state index is 14.0. The van der Waals surface area contributed by atoms with Crippen molar-refractivity contribution in [3.05, 3.63) is 42.0 Å². The van der Waals surface area contributed by atoms with E-state index in [1.807, 2.05) is 0 Å². The van der Waals surface area contributed by atoms with Crippen LogP contribution in [0.2, 0.25) is 0 Å². The number of anilines is 1. The lowest BCUT2D eigenvalue weighted by atomic mass is 9.96. The van der Waals surface area contributed by atoms with E-state index in [2.05, 4.69) is 15.1 Å². The molecule has 180 valence electrons. The van der Waals surface area contributed by atoms with Gasteiger partial charge < -0.3 is 20.3 Å². The lowest BCUT2D eigenvalue weighted by molar-refractivity contribution is -0.276. The van der Waals surface area contributed by atoms with Crippen LogP contribution >= 0.6 is 0 Å². The summed E-state index contributed by atoms with van der Waals surface area (Å²) in [6, 6.07) is 3.75. The fourth-order valence-corrected chi connectivity index (χ4v) is 3.32. The molecule has 3 aromatic rings. The van der Waals surface area contributed by atoms with E-state index in [1.54, 1.807) is 0 Å². The standard InChI is InChI=1S/C16H15F4N5O.C5H10O2/c1-3-26-15(2,16(18,19)20)9-4-5-11(22-7-9)12-6-10(17)13-8-23-14(21)24-25(12)13;6-5-2-1-3-7-4-5/h4-8H,3H2,1-2H3,(H2,21,24);5-6H,1-4H2. The topological polar surface area (TPSA) is 108 Å². The van der Waals surface area contributed by atoms with Crippen molar-refractivity contribution >= 4 is 11.5 Å². The first-order chi connectivity index (χ1) is 15.6. The van der Waals surface area contributed by atoms with Crippen LogP contribution in [0.4, 0.5) is 23.5 Å². The average Bonchev–Trinajstić information content (AvgIpc) is 3.10. The van der Waals surface area contributed by atoms with Crippen LogP contribution in [0.5, 0.6) is 0 Å². The molecular formula is C21H25F4N5O3. The summed E-state index contributed by atoms with van der Waals surface area (Å²) in [5.74, 6) is -0.674. The largest absolute Gasteiger partial charge is 0.421 e. The number of hydrogen-bond acceptors (Lipinski definition) is 7. The summed E-state index contributed by atoms with van der Waals surface area (Å²) in [4.78, 5) is 7.75. The van der Waals surface area contributed by atoms with Crippen molar-refractivity contribution in [2.24, 2.45) is 0 Å². The molecule has 0 bridgehead atoms. The Hall–Kier alpha value is -2.83. The molecule has 0 saturated carbocycles. The second kappa shape index (κ2) is 9.98. The first kappa shape index (κ1) is 24.8. The van der Waals surface area contributed by atoms with Crippen LogP contribution in [0.1, 0.15) is 32.3 Å². The highest BCUT2D eigenvalue weighted by Gasteiger charge is 2.53. The smallest absolute Gasteiger partial charge is 0.391 e. The molecule has 0 aliphatic carbocycles. The third kappa shape index (κ3) is 5.40. The van der Waals surface area contributed by atoms with E-state index >= 15 is 0 Å². The molecule has 2 unspecified atom stereocenters. The average molecular weight is 471 g/mol. The first-order valence-corrected chi connectivity index (χ1v) is 10.3. The van der Waals surface area contributed by atoms with Gasteiger partial charge in [0.05, 0.1) is 30.3 Å². The maximum absolute atomic E-state index is 14.0. The van der Waals surface area contributed by atoms with Crippen molar-refractivity contribution in [1.82, 2.24) is 19.6 Å². The normalized spacial score (nSPS) is 18.5. The van der Waals surface area contributed by atoms with Crippen LogP contribution in [0, 0.1) is 5.82 Å². The van der Waals surface area contributed by atoms with Gasteiger partial charge in [0, 0.05) is 31.0 Å². The van der Waals surface area contributed by atoms with Gasteiger partial charge in [0.1, 0.15) is 5.52 Å². The maximum Gasteiger partial charge on any atom is 0.421 e. The van der Waals surface area contributed by atoms with Crippen molar-refractivity contribution < 1.29 is 32.1 Å². The van der Waals surface area contributed by atoms with E-state index in [0.29, 0.717) is 6.61 Å². The molecule has 8 nitrogen and oxygen atoms in total. The molecule has 1 aliphatic rings. The van der Waals surface area contributed by atoms with E-state index in [-0.39, 0.29) is 41.1 Å². The monoisotopic (exact) mass is 471 g/mol. The molecule has 0 amide bonds. The van der Waals surface area contributed by atoms with Gasteiger partial charge >= 0.3 is 6.18 Å². The van der Waals surface area contributed by atoms with Crippen LogP contribution < -0.4 is 5.73 Å². The summed E-state index contributed by atoms with van der Waals surface area (Å²) < 4.78 is 65.3. The summed E-state index contributed by atoms with van der Waals surface area (Å²) in [6.45, 7) is 3.67. The molecule has 3 N–H and O–H groups in total.